The van der Waals surface area contributed by atoms with Gasteiger partial charge in [-0.2, -0.15) is 0 Å². The van der Waals surface area contributed by atoms with Gasteiger partial charge in [-0.1, -0.05) is 0 Å². The smallest absolute Gasteiger partial charge is 0.228 e. The van der Waals surface area contributed by atoms with Crippen molar-refractivity contribution in [2.24, 2.45) is 0 Å². The third-order valence-corrected chi connectivity index (χ3v) is 2.62. The zero-order valence-corrected chi connectivity index (χ0v) is 9.05. The van der Waals surface area contributed by atoms with E-state index in [-0.39, 0.29) is 24.1 Å². The maximum absolute atomic E-state index is 13.6. The predicted molar refractivity (Wildman–Crippen MR) is 57.5 cm³/mol. The van der Waals surface area contributed by atoms with Crippen LogP contribution in [0.2, 0.25) is 0 Å². The van der Waals surface area contributed by atoms with Crippen molar-refractivity contribution in [2.45, 2.75) is 19.4 Å². The Morgan fingerprint density at radius 2 is 2.12 bits per heavy atom. The molecule has 16 heavy (non-hydrogen) atoms. The van der Waals surface area contributed by atoms with Crippen LogP contribution in [0.25, 0.3) is 0 Å². The molecule has 0 saturated carbocycles. The van der Waals surface area contributed by atoms with Crippen LogP contribution >= 0.6 is 0 Å². The highest BCUT2D eigenvalue weighted by Crippen LogP contribution is 2.33. The van der Waals surface area contributed by atoms with Crippen molar-refractivity contribution in [2.75, 3.05) is 17.3 Å². The summed E-state index contributed by atoms with van der Waals surface area (Å²) in [7, 11) is 1.49. The van der Waals surface area contributed by atoms with E-state index in [1.807, 2.05) is 0 Å². The van der Waals surface area contributed by atoms with Gasteiger partial charge in [0.2, 0.25) is 5.91 Å². The Labute approximate surface area is 92.1 Å². The summed E-state index contributed by atoms with van der Waals surface area (Å²) in [6, 6.07) is 1.84. The van der Waals surface area contributed by atoms with E-state index in [2.05, 4.69) is 5.32 Å². The molecular formula is C11H12F2N2O. The molecule has 2 rings (SSSR count). The molecule has 0 saturated heterocycles. The number of nitrogens with one attached hydrogen (secondary N) is 1. The highest BCUT2D eigenvalue weighted by molar-refractivity contribution is 5.98. The molecule has 0 spiro atoms. The summed E-state index contributed by atoms with van der Waals surface area (Å²) in [4.78, 5) is 12.9. The number of amides is 1. The molecule has 1 heterocycles. The molecule has 1 unspecified atom stereocenters. The van der Waals surface area contributed by atoms with Gasteiger partial charge in [0.1, 0.15) is 11.5 Å². The molecule has 86 valence electrons. The van der Waals surface area contributed by atoms with E-state index in [9.17, 15) is 13.6 Å². The molecule has 1 aliphatic heterocycles. The molecule has 3 nitrogen and oxygen atoms in total. The van der Waals surface area contributed by atoms with E-state index in [1.165, 1.54) is 18.0 Å². The molecule has 1 aromatic rings. The zero-order chi connectivity index (χ0) is 11.9. The van der Waals surface area contributed by atoms with Crippen LogP contribution in [0.15, 0.2) is 12.1 Å². The minimum absolute atomic E-state index is 0.107. The van der Waals surface area contributed by atoms with Crippen LogP contribution in [0.1, 0.15) is 13.3 Å². The van der Waals surface area contributed by atoms with Crippen LogP contribution in [0, 0.1) is 11.6 Å². The first-order chi connectivity index (χ1) is 7.49. The van der Waals surface area contributed by atoms with E-state index in [1.54, 1.807) is 6.92 Å². The molecule has 0 radical (unpaired) electrons. The van der Waals surface area contributed by atoms with Crippen LogP contribution in [-0.4, -0.2) is 19.0 Å². The number of hydrogen-bond acceptors (Lipinski definition) is 2. The fourth-order valence-corrected chi connectivity index (χ4v) is 1.86. The standard InChI is InChI=1S/C11H12F2N2O/c1-6-3-10(16)15(2)11-8(13)4-7(12)5-9(11)14-6/h4-6,14H,3H2,1-2H3. The highest BCUT2D eigenvalue weighted by Gasteiger charge is 2.25. The largest absolute Gasteiger partial charge is 0.380 e. The van der Waals surface area contributed by atoms with E-state index in [0.29, 0.717) is 5.69 Å². The zero-order valence-electron chi connectivity index (χ0n) is 9.05. The lowest BCUT2D eigenvalue weighted by atomic mass is 10.2. The first-order valence-corrected chi connectivity index (χ1v) is 5.01. The van der Waals surface area contributed by atoms with Gasteiger partial charge < -0.3 is 10.2 Å². The Morgan fingerprint density at radius 3 is 2.81 bits per heavy atom. The predicted octanol–water partition coefficient (Wildman–Crippen LogP) is 2.13. The lowest BCUT2D eigenvalue weighted by molar-refractivity contribution is -0.118. The van der Waals surface area contributed by atoms with Gasteiger partial charge in [0.05, 0.1) is 5.69 Å². The number of carbonyl (C=O) groups excluding carboxylic acids is 1. The van der Waals surface area contributed by atoms with Crippen LogP contribution in [0.3, 0.4) is 0 Å². The van der Waals surface area contributed by atoms with Crippen molar-refractivity contribution in [3.8, 4) is 0 Å². The Kier molecular flexibility index (Phi) is 2.53. The van der Waals surface area contributed by atoms with Gasteiger partial charge in [0.15, 0.2) is 5.82 Å². The van der Waals surface area contributed by atoms with E-state index in [4.69, 9.17) is 0 Å². The molecule has 1 atom stereocenters. The van der Waals surface area contributed by atoms with Crippen molar-refractivity contribution in [3.63, 3.8) is 0 Å². The lowest BCUT2D eigenvalue weighted by Crippen LogP contribution is -2.27. The number of halogens is 2. The number of fused-ring (bicyclic) bond motifs is 1. The van der Waals surface area contributed by atoms with Crippen LogP contribution in [-0.2, 0) is 4.79 Å². The van der Waals surface area contributed by atoms with Gasteiger partial charge in [0, 0.05) is 25.6 Å². The molecule has 0 bridgehead atoms. The molecule has 0 aromatic heterocycles. The summed E-state index contributed by atoms with van der Waals surface area (Å²) >= 11 is 0. The monoisotopic (exact) mass is 226 g/mol. The number of hydrogen-bond donors (Lipinski definition) is 1. The molecule has 1 aliphatic rings. The van der Waals surface area contributed by atoms with Crippen molar-refractivity contribution < 1.29 is 13.6 Å². The molecule has 1 aromatic carbocycles. The molecular weight excluding hydrogens is 214 g/mol. The third-order valence-electron chi connectivity index (χ3n) is 2.62. The summed E-state index contributed by atoms with van der Waals surface area (Å²) in [5, 5.41) is 2.92. The number of carbonyl (C=O) groups is 1. The Bertz CT molecular complexity index is 448. The summed E-state index contributed by atoms with van der Waals surface area (Å²) in [5.41, 5.74) is 0.425. The first-order valence-electron chi connectivity index (χ1n) is 5.01. The quantitative estimate of drug-likeness (QED) is 0.735. The Balaban J connectivity index is 2.59. The van der Waals surface area contributed by atoms with Crippen molar-refractivity contribution in [1.29, 1.82) is 0 Å². The molecule has 1 amide bonds. The average Bonchev–Trinajstić information content (AvgIpc) is 2.24. The second-order valence-corrected chi connectivity index (χ2v) is 3.99. The topological polar surface area (TPSA) is 32.3 Å². The highest BCUT2D eigenvalue weighted by atomic mass is 19.1. The van der Waals surface area contributed by atoms with Gasteiger partial charge in [-0.05, 0) is 13.0 Å². The number of anilines is 2. The van der Waals surface area contributed by atoms with Crippen molar-refractivity contribution >= 4 is 17.3 Å². The van der Waals surface area contributed by atoms with Gasteiger partial charge >= 0.3 is 0 Å². The lowest BCUT2D eigenvalue weighted by Gasteiger charge is -2.17. The maximum Gasteiger partial charge on any atom is 0.228 e. The third kappa shape index (κ3) is 1.73. The summed E-state index contributed by atoms with van der Waals surface area (Å²) < 4.78 is 26.6. The van der Waals surface area contributed by atoms with Crippen LogP contribution < -0.4 is 10.2 Å². The van der Waals surface area contributed by atoms with Gasteiger partial charge in [-0.3, -0.25) is 4.79 Å². The minimum Gasteiger partial charge on any atom is -0.380 e. The second kappa shape index (κ2) is 3.73. The summed E-state index contributed by atoms with van der Waals surface area (Å²) in [6.45, 7) is 1.80. The number of nitrogens with zero attached hydrogens (tertiary/aromatic N) is 1. The Morgan fingerprint density at radius 1 is 1.44 bits per heavy atom. The van der Waals surface area contributed by atoms with E-state index < -0.39 is 11.6 Å². The number of benzene rings is 1. The van der Waals surface area contributed by atoms with Crippen LogP contribution in [0.4, 0.5) is 20.2 Å². The minimum atomic E-state index is -0.729. The average molecular weight is 226 g/mol. The van der Waals surface area contributed by atoms with Gasteiger partial charge in [-0.25, -0.2) is 8.78 Å². The fourth-order valence-electron chi connectivity index (χ4n) is 1.86. The summed E-state index contributed by atoms with van der Waals surface area (Å²) in [5.74, 6) is -1.57. The molecule has 1 N–H and O–H groups in total. The van der Waals surface area contributed by atoms with Gasteiger partial charge in [0.25, 0.3) is 0 Å². The molecule has 0 fully saturated rings. The number of rotatable bonds is 0. The SMILES string of the molecule is CC1CC(=O)N(C)c2c(F)cc(F)cc2N1. The fraction of sp³-hybridized carbons (Fsp3) is 0.364. The van der Waals surface area contributed by atoms with E-state index in [0.717, 1.165) is 6.07 Å². The Hall–Kier alpha value is -1.65. The van der Waals surface area contributed by atoms with Gasteiger partial charge in [-0.15, -0.1) is 0 Å². The normalized spacial score (nSPS) is 20.1. The summed E-state index contributed by atoms with van der Waals surface area (Å²) in [6.07, 6.45) is 0.256. The van der Waals surface area contributed by atoms with Crippen molar-refractivity contribution in [3.05, 3.63) is 23.8 Å². The maximum atomic E-state index is 13.6. The van der Waals surface area contributed by atoms with Crippen molar-refractivity contribution in [1.82, 2.24) is 0 Å². The van der Waals surface area contributed by atoms with Crippen LogP contribution in [0.5, 0.6) is 0 Å². The molecule has 0 aliphatic carbocycles. The van der Waals surface area contributed by atoms with E-state index >= 15 is 0 Å². The molecule has 5 heteroatoms. The first kappa shape index (κ1) is 10.9. The second-order valence-electron chi connectivity index (χ2n) is 3.99.